The van der Waals surface area contributed by atoms with E-state index in [9.17, 15) is 14.4 Å². The Balaban J connectivity index is 4.42. The van der Waals surface area contributed by atoms with Crippen molar-refractivity contribution >= 4 is 17.9 Å². The molecule has 0 aromatic rings. The molecule has 0 heterocycles. The number of rotatable bonds is 62. The van der Waals surface area contributed by atoms with Crippen LogP contribution in [0.5, 0.6) is 0 Å². The second kappa shape index (κ2) is 70.0. The van der Waals surface area contributed by atoms with E-state index >= 15 is 0 Å². The maximum atomic E-state index is 13.0. The smallest absolute Gasteiger partial charge is 0.309 e. The Bertz CT molecular complexity index is 1750. The summed E-state index contributed by atoms with van der Waals surface area (Å²) >= 11 is 0. The van der Waals surface area contributed by atoms with Gasteiger partial charge in [0.05, 0.1) is 6.42 Å². The number of carbonyl (C=O) groups is 3. The van der Waals surface area contributed by atoms with Gasteiger partial charge in [0.1, 0.15) is 13.2 Å². The van der Waals surface area contributed by atoms with Crippen molar-refractivity contribution in [1.29, 1.82) is 0 Å². The fourth-order valence-electron chi connectivity index (χ4n) is 9.47. The molecule has 83 heavy (non-hydrogen) atoms. The average molecular weight is 1150 g/mol. The summed E-state index contributed by atoms with van der Waals surface area (Å²) in [4.78, 5) is 38.4. The molecule has 0 aliphatic carbocycles. The van der Waals surface area contributed by atoms with Gasteiger partial charge in [0.15, 0.2) is 6.10 Å². The molecular formula is C77H128O6. The maximum absolute atomic E-state index is 13.0. The molecule has 0 aliphatic rings. The summed E-state index contributed by atoms with van der Waals surface area (Å²) in [5.41, 5.74) is 0. The van der Waals surface area contributed by atoms with Gasteiger partial charge in [0, 0.05) is 12.8 Å². The van der Waals surface area contributed by atoms with Crippen LogP contribution in [0.1, 0.15) is 316 Å². The van der Waals surface area contributed by atoms with E-state index in [1.54, 1.807) is 6.08 Å². The third-order valence-corrected chi connectivity index (χ3v) is 14.6. The Labute approximate surface area is 513 Å². The maximum Gasteiger partial charge on any atom is 0.309 e. The van der Waals surface area contributed by atoms with E-state index in [2.05, 4.69) is 142 Å². The summed E-state index contributed by atoms with van der Waals surface area (Å²) in [7, 11) is 0. The fourth-order valence-corrected chi connectivity index (χ4v) is 9.47. The Morgan fingerprint density at radius 2 is 0.518 bits per heavy atom. The van der Waals surface area contributed by atoms with Crippen molar-refractivity contribution in [2.24, 2.45) is 0 Å². The fraction of sp³-hybridized carbons (Fsp3) is 0.675. The molecule has 0 bridgehead atoms. The van der Waals surface area contributed by atoms with Crippen molar-refractivity contribution in [1.82, 2.24) is 0 Å². The zero-order chi connectivity index (χ0) is 59.9. The van der Waals surface area contributed by atoms with Gasteiger partial charge < -0.3 is 14.2 Å². The van der Waals surface area contributed by atoms with Crippen LogP contribution in [0.2, 0.25) is 0 Å². The lowest BCUT2D eigenvalue weighted by Crippen LogP contribution is -2.30. The van der Waals surface area contributed by atoms with Crippen molar-refractivity contribution in [3.8, 4) is 0 Å². The van der Waals surface area contributed by atoms with Crippen LogP contribution in [0.4, 0.5) is 0 Å². The predicted octanol–water partition coefficient (Wildman–Crippen LogP) is 24.1. The summed E-state index contributed by atoms with van der Waals surface area (Å²) in [5, 5.41) is 0. The predicted molar refractivity (Wildman–Crippen MR) is 362 cm³/mol. The number of carbonyl (C=O) groups excluding carboxylic acids is 3. The summed E-state index contributed by atoms with van der Waals surface area (Å²) in [6.45, 7) is 6.43. The molecule has 0 amide bonds. The SMILES string of the molecule is CC/C=C\C/C=C\C/C=C\C/C=C\C/C=C\CC(=O)OCC(COC(=O)CCCCCCCCCCCC/C=C\C/C=C\C/C=C\CCCCCCC)OC(=O)CCCCCCCCCCCC/C=C\C/C=C\C/C=C\CCCCCCC. The zero-order valence-corrected chi connectivity index (χ0v) is 54.2. The van der Waals surface area contributed by atoms with Gasteiger partial charge in [-0.15, -0.1) is 0 Å². The van der Waals surface area contributed by atoms with Crippen molar-refractivity contribution in [2.75, 3.05) is 13.2 Å². The first-order chi connectivity index (χ1) is 41.0. The van der Waals surface area contributed by atoms with Gasteiger partial charge in [0.2, 0.25) is 0 Å². The van der Waals surface area contributed by atoms with E-state index in [4.69, 9.17) is 14.2 Å². The van der Waals surface area contributed by atoms with E-state index < -0.39 is 12.1 Å². The zero-order valence-electron chi connectivity index (χ0n) is 54.2. The van der Waals surface area contributed by atoms with Crippen LogP contribution in [-0.4, -0.2) is 37.2 Å². The number of allylic oxidation sites excluding steroid dienone is 21. The van der Waals surface area contributed by atoms with Gasteiger partial charge in [-0.1, -0.05) is 309 Å². The minimum Gasteiger partial charge on any atom is -0.462 e. The van der Waals surface area contributed by atoms with Crippen LogP contribution in [0.25, 0.3) is 0 Å². The second-order valence-electron chi connectivity index (χ2n) is 22.7. The highest BCUT2D eigenvalue weighted by atomic mass is 16.6. The van der Waals surface area contributed by atoms with Crippen LogP contribution >= 0.6 is 0 Å². The highest BCUT2D eigenvalue weighted by Gasteiger charge is 2.19. The molecule has 472 valence electrons. The number of esters is 3. The molecule has 0 aromatic heterocycles. The molecular weight excluding hydrogens is 1020 g/mol. The lowest BCUT2D eigenvalue weighted by atomic mass is 10.0. The van der Waals surface area contributed by atoms with Crippen LogP contribution in [-0.2, 0) is 28.6 Å². The second-order valence-corrected chi connectivity index (χ2v) is 22.7. The third-order valence-electron chi connectivity index (χ3n) is 14.6. The standard InChI is InChI=1S/C77H128O6/c1-4-7-10-13-16-19-22-25-28-30-32-34-36-38-40-42-44-46-49-52-55-58-61-64-67-70-76(79)82-73-74(72-81-75(78)69-66-63-60-57-54-51-48-27-24-21-18-15-12-9-6-3)83-77(80)71-68-65-62-59-56-53-50-47-45-43-41-39-37-35-33-31-29-26-23-20-17-14-11-8-5-2/h9,12,18,21-23,25-27,30-33,36-39,48,54,57,63,66,74H,4-8,10-11,13-17,19-20,24,28-29,34-35,40-47,49-53,55-56,58-62,64-65,67-73H2,1-3H3/b12-9-,21-18-,25-22-,26-23-,32-30-,33-31-,38-36-,39-37-,48-27-,57-54-,66-63-. The molecule has 0 fully saturated rings. The van der Waals surface area contributed by atoms with E-state index in [-0.39, 0.29) is 31.6 Å². The Morgan fingerprint density at radius 1 is 0.265 bits per heavy atom. The summed E-state index contributed by atoms with van der Waals surface area (Å²) in [6, 6.07) is 0. The summed E-state index contributed by atoms with van der Waals surface area (Å²) < 4.78 is 16.9. The molecule has 0 saturated carbocycles. The molecule has 1 unspecified atom stereocenters. The number of hydrogen-bond acceptors (Lipinski definition) is 6. The van der Waals surface area contributed by atoms with Gasteiger partial charge >= 0.3 is 17.9 Å². The van der Waals surface area contributed by atoms with Gasteiger partial charge in [-0.3, -0.25) is 14.4 Å². The number of hydrogen-bond donors (Lipinski definition) is 0. The first-order valence-electron chi connectivity index (χ1n) is 34.7. The van der Waals surface area contributed by atoms with Crippen LogP contribution in [0.15, 0.2) is 134 Å². The highest BCUT2D eigenvalue weighted by Crippen LogP contribution is 2.16. The van der Waals surface area contributed by atoms with Crippen molar-refractivity contribution in [3.63, 3.8) is 0 Å². The van der Waals surface area contributed by atoms with Crippen LogP contribution in [0.3, 0.4) is 0 Å². The Kier molecular flexibility index (Phi) is 66.3. The average Bonchev–Trinajstić information content (AvgIpc) is 3.49. The van der Waals surface area contributed by atoms with Gasteiger partial charge in [-0.05, 0) is 122 Å². The van der Waals surface area contributed by atoms with E-state index in [0.717, 1.165) is 96.3 Å². The van der Waals surface area contributed by atoms with Gasteiger partial charge in [0.25, 0.3) is 0 Å². The molecule has 0 saturated heterocycles. The van der Waals surface area contributed by atoms with Crippen molar-refractivity contribution in [2.45, 2.75) is 322 Å². The van der Waals surface area contributed by atoms with E-state index in [1.807, 2.05) is 6.08 Å². The molecule has 0 rings (SSSR count). The quantitative estimate of drug-likeness (QED) is 0.0261. The molecule has 6 heteroatoms. The number of ether oxygens (including phenoxy) is 3. The first-order valence-corrected chi connectivity index (χ1v) is 34.7. The monoisotopic (exact) mass is 1150 g/mol. The minimum absolute atomic E-state index is 0.115. The molecule has 0 aromatic carbocycles. The number of unbranched alkanes of at least 4 members (excludes halogenated alkanes) is 30. The van der Waals surface area contributed by atoms with Gasteiger partial charge in [-0.25, -0.2) is 0 Å². The van der Waals surface area contributed by atoms with Crippen molar-refractivity contribution < 1.29 is 28.6 Å². The summed E-state index contributed by atoms with van der Waals surface area (Å²) in [6.07, 6.45) is 99.2. The third kappa shape index (κ3) is 68.2. The molecule has 0 N–H and O–H groups in total. The first kappa shape index (κ1) is 78.5. The minimum atomic E-state index is -0.829. The van der Waals surface area contributed by atoms with Crippen LogP contribution in [0, 0.1) is 0 Å². The lowest BCUT2D eigenvalue weighted by molar-refractivity contribution is -0.166. The molecule has 0 spiro atoms. The largest absolute Gasteiger partial charge is 0.462 e. The lowest BCUT2D eigenvalue weighted by Gasteiger charge is -2.18. The normalized spacial score (nSPS) is 13.0. The summed E-state index contributed by atoms with van der Waals surface area (Å²) in [5.74, 6) is -1.05. The van der Waals surface area contributed by atoms with Crippen molar-refractivity contribution in [3.05, 3.63) is 134 Å². The van der Waals surface area contributed by atoms with E-state index in [1.165, 1.54) is 180 Å². The van der Waals surface area contributed by atoms with Gasteiger partial charge in [-0.2, -0.15) is 0 Å². The molecule has 0 radical (unpaired) electrons. The van der Waals surface area contributed by atoms with E-state index in [0.29, 0.717) is 12.8 Å². The molecule has 0 aliphatic heterocycles. The Hall–Kier alpha value is -4.45. The Morgan fingerprint density at radius 3 is 0.843 bits per heavy atom. The van der Waals surface area contributed by atoms with Crippen LogP contribution < -0.4 is 0 Å². The topological polar surface area (TPSA) is 78.9 Å². The highest BCUT2D eigenvalue weighted by molar-refractivity contribution is 5.72. The molecule has 6 nitrogen and oxygen atoms in total. The molecule has 1 atom stereocenters.